The van der Waals surface area contributed by atoms with E-state index in [-0.39, 0.29) is 5.78 Å². The average Bonchev–Trinajstić information content (AvgIpc) is 2.90. The van der Waals surface area contributed by atoms with Crippen LogP contribution in [0.25, 0.3) is 22.9 Å². The average molecular weight is 280 g/mol. The molecule has 0 bridgehead atoms. The van der Waals surface area contributed by atoms with Crippen LogP contribution in [0.3, 0.4) is 0 Å². The van der Waals surface area contributed by atoms with Crippen molar-refractivity contribution in [2.24, 2.45) is 0 Å². The number of carbonyl (C=O) groups excluding carboxylic acids is 1. The molecule has 3 aromatic carbocycles. The van der Waals surface area contributed by atoms with Crippen molar-refractivity contribution < 1.29 is 4.79 Å². The molecule has 5 rings (SSSR count). The fourth-order valence-electron chi connectivity index (χ4n) is 3.53. The molecule has 0 heterocycles. The summed E-state index contributed by atoms with van der Waals surface area (Å²) in [5.74, 6) is 0.0959. The van der Waals surface area contributed by atoms with Crippen LogP contribution in [0.15, 0.2) is 60.7 Å². The molecule has 0 spiro atoms. The molecular formula is C21H12O. The second-order valence-electron chi connectivity index (χ2n) is 5.81. The van der Waals surface area contributed by atoms with E-state index in [0.717, 1.165) is 21.6 Å². The number of benzene rings is 3. The first-order valence-electron chi connectivity index (χ1n) is 7.42. The van der Waals surface area contributed by atoms with Crippen molar-refractivity contribution in [1.82, 2.24) is 0 Å². The third-order valence-corrected chi connectivity index (χ3v) is 4.55. The van der Waals surface area contributed by atoms with Gasteiger partial charge in [-0.05, 0) is 61.5 Å². The van der Waals surface area contributed by atoms with Crippen molar-refractivity contribution in [1.29, 1.82) is 0 Å². The summed E-state index contributed by atoms with van der Waals surface area (Å²) < 4.78 is 0. The predicted molar refractivity (Wildman–Crippen MR) is 88.8 cm³/mol. The first-order valence-corrected chi connectivity index (χ1v) is 7.42. The van der Waals surface area contributed by atoms with Gasteiger partial charge in [-0.1, -0.05) is 48.6 Å². The zero-order chi connectivity index (χ0) is 14.7. The minimum absolute atomic E-state index is 0.0959. The molecule has 0 atom stereocenters. The highest BCUT2D eigenvalue weighted by atomic mass is 16.1. The third-order valence-electron chi connectivity index (χ3n) is 4.55. The van der Waals surface area contributed by atoms with Crippen molar-refractivity contribution in [2.45, 2.75) is 0 Å². The SMILES string of the molecule is O=C1C=CC=c2ccc3cc4c(cc3c21)C=c1ccccc1=4. The van der Waals surface area contributed by atoms with Crippen LogP contribution in [0.4, 0.5) is 0 Å². The van der Waals surface area contributed by atoms with Crippen LogP contribution in [-0.2, 0) is 0 Å². The van der Waals surface area contributed by atoms with Gasteiger partial charge in [0, 0.05) is 5.56 Å². The zero-order valence-electron chi connectivity index (χ0n) is 11.8. The minimum atomic E-state index is 0.0959. The summed E-state index contributed by atoms with van der Waals surface area (Å²) in [5, 5.41) is 6.96. The van der Waals surface area contributed by atoms with Crippen molar-refractivity contribution in [3.05, 3.63) is 92.7 Å². The standard InChI is InChI=1S/C21H12O/c22-20-7-3-5-13-8-9-15-11-18-16(12-19(15)21(13)20)10-14-4-1-2-6-17(14)18/h1-12H. The van der Waals surface area contributed by atoms with Crippen molar-refractivity contribution in [3.63, 3.8) is 0 Å². The molecule has 0 saturated carbocycles. The van der Waals surface area contributed by atoms with Gasteiger partial charge >= 0.3 is 0 Å². The Morgan fingerprint density at radius 2 is 1.73 bits per heavy atom. The lowest BCUT2D eigenvalue weighted by atomic mass is 9.94. The van der Waals surface area contributed by atoms with Gasteiger partial charge in [-0.2, -0.15) is 0 Å². The molecule has 0 N–H and O–H groups in total. The molecule has 102 valence electrons. The molecule has 1 nitrogen and oxygen atoms in total. The summed E-state index contributed by atoms with van der Waals surface area (Å²) in [6.07, 6.45) is 7.68. The summed E-state index contributed by atoms with van der Waals surface area (Å²) in [7, 11) is 0. The van der Waals surface area contributed by atoms with Gasteiger partial charge in [0.15, 0.2) is 5.78 Å². The van der Waals surface area contributed by atoms with E-state index >= 15 is 0 Å². The Balaban J connectivity index is 2.01. The van der Waals surface area contributed by atoms with E-state index in [4.69, 9.17) is 0 Å². The summed E-state index contributed by atoms with van der Waals surface area (Å²) in [6.45, 7) is 0. The number of hydrogen-bond acceptors (Lipinski definition) is 1. The van der Waals surface area contributed by atoms with E-state index in [1.807, 2.05) is 18.2 Å². The Morgan fingerprint density at radius 1 is 0.818 bits per heavy atom. The summed E-state index contributed by atoms with van der Waals surface area (Å²) in [5.41, 5.74) is 2.02. The van der Waals surface area contributed by atoms with E-state index in [1.165, 1.54) is 21.2 Å². The maximum absolute atomic E-state index is 12.3. The van der Waals surface area contributed by atoms with Gasteiger partial charge in [0.1, 0.15) is 0 Å². The molecule has 0 radical (unpaired) electrons. The van der Waals surface area contributed by atoms with Crippen LogP contribution >= 0.6 is 0 Å². The number of ketones is 1. The molecule has 1 heteroatoms. The lowest BCUT2D eigenvalue weighted by Gasteiger charge is -2.08. The molecule has 2 aliphatic rings. The number of rotatable bonds is 0. The van der Waals surface area contributed by atoms with Gasteiger partial charge < -0.3 is 0 Å². The van der Waals surface area contributed by atoms with E-state index in [2.05, 4.69) is 48.5 Å². The second kappa shape index (κ2) is 4.05. The monoisotopic (exact) mass is 280 g/mol. The van der Waals surface area contributed by atoms with E-state index in [0.29, 0.717) is 0 Å². The lowest BCUT2D eigenvalue weighted by molar-refractivity contribution is 0.104. The predicted octanol–water partition coefficient (Wildman–Crippen LogP) is 2.80. The Kier molecular flexibility index (Phi) is 2.15. The van der Waals surface area contributed by atoms with Gasteiger partial charge in [-0.25, -0.2) is 0 Å². The van der Waals surface area contributed by atoms with Gasteiger partial charge in [0.2, 0.25) is 0 Å². The van der Waals surface area contributed by atoms with Gasteiger partial charge in [0.25, 0.3) is 0 Å². The Bertz CT molecular complexity index is 1230. The van der Waals surface area contributed by atoms with E-state index < -0.39 is 0 Å². The van der Waals surface area contributed by atoms with Crippen molar-refractivity contribution in [2.75, 3.05) is 0 Å². The Morgan fingerprint density at radius 3 is 2.68 bits per heavy atom. The van der Waals surface area contributed by atoms with Gasteiger partial charge in [-0.15, -0.1) is 0 Å². The first kappa shape index (κ1) is 11.7. The first-order chi connectivity index (χ1) is 10.8. The van der Waals surface area contributed by atoms with E-state index in [1.54, 1.807) is 6.08 Å². The summed E-state index contributed by atoms with van der Waals surface area (Å²) in [6, 6.07) is 16.9. The molecular weight excluding hydrogens is 268 g/mol. The van der Waals surface area contributed by atoms with Crippen LogP contribution in [0.2, 0.25) is 0 Å². The van der Waals surface area contributed by atoms with Gasteiger partial charge in [-0.3, -0.25) is 4.79 Å². The van der Waals surface area contributed by atoms with Crippen LogP contribution in [0.5, 0.6) is 0 Å². The molecule has 0 amide bonds. The molecule has 3 aromatic rings. The summed E-state index contributed by atoms with van der Waals surface area (Å²) in [4.78, 5) is 12.3. The fraction of sp³-hybridized carbons (Fsp3) is 0. The van der Waals surface area contributed by atoms with Crippen molar-refractivity contribution in [3.8, 4) is 0 Å². The van der Waals surface area contributed by atoms with Crippen LogP contribution in [0, 0.1) is 10.4 Å². The molecule has 0 aliphatic heterocycles. The highest BCUT2D eigenvalue weighted by molar-refractivity contribution is 6.15. The highest BCUT2D eigenvalue weighted by Crippen LogP contribution is 2.23. The fourth-order valence-corrected chi connectivity index (χ4v) is 3.53. The largest absolute Gasteiger partial charge is 0.289 e. The lowest BCUT2D eigenvalue weighted by Crippen LogP contribution is -2.16. The Hall–Kier alpha value is -2.93. The topological polar surface area (TPSA) is 17.1 Å². The minimum Gasteiger partial charge on any atom is -0.289 e. The van der Waals surface area contributed by atoms with E-state index in [9.17, 15) is 4.79 Å². The highest BCUT2D eigenvalue weighted by Gasteiger charge is 2.13. The number of hydrogen-bond donors (Lipinski definition) is 0. The molecule has 0 fully saturated rings. The molecule has 2 aliphatic carbocycles. The molecule has 0 saturated heterocycles. The molecule has 0 aromatic heterocycles. The number of fused-ring (bicyclic) bond motifs is 5. The molecule has 0 unspecified atom stereocenters. The smallest absolute Gasteiger partial charge is 0.187 e. The Labute approximate surface area is 126 Å². The normalized spacial score (nSPS) is 14.1. The van der Waals surface area contributed by atoms with Crippen LogP contribution in [0.1, 0.15) is 15.9 Å². The van der Waals surface area contributed by atoms with Gasteiger partial charge in [0.05, 0.1) is 0 Å². The maximum Gasteiger partial charge on any atom is 0.187 e. The number of carbonyl (C=O) groups is 1. The number of allylic oxidation sites excluding steroid dienone is 2. The maximum atomic E-state index is 12.3. The quantitative estimate of drug-likeness (QED) is 0.484. The second-order valence-corrected chi connectivity index (χ2v) is 5.81. The molecule has 22 heavy (non-hydrogen) atoms. The third kappa shape index (κ3) is 1.45. The van der Waals surface area contributed by atoms with Crippen molar-refractivity contribution >= 4 is 28.7 Å². The van der Waals surface area contributed by atoms with Crippen LogP contribution in [-0.4, -0.2) is 5.78 Å². The van der Waals surface area contributed by atoms with Crippen LogP contribution < -0.4 is 10.4 Å². The zero-order valence-corrected chi connectivity index (χ0v) is 11.8. The summed E-state index contributed by atoms with van der Waals surface area (Å²) >= 11 is 0.